The van der Waals surface area contributed by atoms with Gasteiger partial charge in [-0.3, -0.25) is 4.79 Å². The molecule has 2 aromatic rings. The Balaban J connectivity index is 1.73. The molecule has 0 aliphatic carbocycles. The number of rotatable bonds is 4. The van der Waals surface area contributed by atoms with Gasteiger partial charge in [0.1, 0.15) is 0 Å². The quantitative estimate of drug-likeness (QED) is 0.861. The van der Waals surface area contributed by atoms with Crippen LogP contribution in [0.1, 0.15) is 41.1 Å². The van der Waals surface area contributed by atoms with Gasteiger partial charge in [-0.15, -0.1) is 11.3 Å². The largest absolute Gasteiger partial charge is 0.367 e. The van der Waals surface area contributed by atoms with Crippen molar-refractivity contribution in [2.24, 2.45) is 0 Å². The number of methoxy groups -OCH3 is 1. The maximum Gasteiger partial charge on any atom is 0.256 e. The van der Waals surface area contributed by atoms with Gasteiger partial charge in [-0.1, -0.05) is 30.3 Å². The van der Waals surface area contributed by atoms with E-state index in [4.69, 9.17) is 4.74 Å². The van der Waals surface area contributed by atoms with Crippen molar-refractivity contribution in [3.8, 4) is 0 Å². The van der Waals surface area contributed by atoms with E-state index in [1.807, 2.05) is 42.2 Å². The molecular weight excluding hydrogens is 308 g/mol. The van der Waals surface area contributed by atoms with E-state index in [0.29, 0.717) is 5.92 Å². The number of ether oxygens (including phenoxy) is 1. The number of hydrogen-bond donors (Lipinski definition) is 0. The number of hydrogen-bond acceptors (Lipinski definition) is 4. The van der Waals surface area contributed by atoms with Crippen LogP contribution in [0.25, 0.3) is 0 Å². The summed E-state index contributed by atoms with van der Waals surface area (Å²) in [5, 5.41) is 3.23. The van der Waals surface area contributed by atoms with Crippen LogP contribution in [0, 0.1) is 6.92 Å². The third kappa shape index (κ3) is 3.62. The second-order valence-electron chi connectivity index (χ2n) is 5.98. The number of thiazole rings is 1. The number of aromatic nitrogens is 1. The monoisotopic (exact) mass is 330 g/mol. The summed E-state index contributed by atoms with van der Waals surface area (Å²) in [5.41, 5.74) is 1.97. The SMILES string of the molecule is CO[C@@H](C(=O)N1CCC[C@@H](c2nc(C)cs2)C1)c1ccccc1. The van der Waals surface area contributed by atoms with Crippen LogP contribution in [0.4, 0.5) is 0 Å². The molecule has 0 radical (unpaired) electrons. The predicted molar refractivity (Wildman–Crippen MR) is 91.6 cm³/mol. The van der Waals surface area contributed by atoms with E-state index in [1.165, 1.54) is 0 Å². The Labute approximate surface area is 141 Å². The molecule has 1 aliphatic rings. The van der Waals surface area contributed by atoms with E-state index in [9.17, 15) is 4.79 Å². The lowest BCUT2D eigenvalue weighted by Crippen LogP contribution is -2.42. The van der Waals surface area contributed by atoms with Gasteiger partial charge in [0.15, 0.2) is 6.10 Å². The molecule has 23 heavy (non-hydrogen) atoms. The maximum atomic E-state index is 12.9. The lowest BCUT2D eigenvalue weighted by Gasteiger charge is -2.34. The van der Waals surface area contributed by atoms with Crippen LogP contribution in [0.3, 0.4) is 0 Å². The van der Waals surface area contributed by atoms with Gasteiger partial charge in [0.2, 0.25) is 0 Å². The number of nitrogens with zero attached hydrogens (tertiary/aromatic N) is 2. The summed E-state index contributed by atoms with van der Waals surface area (Å²) in [7, 11) is 1.60. The topological polar surface area (TPSA) is 42.4 Å². The highest BCUT2D eigenvalue weighted by atomic mass is 32.1. The van der Waals surface area contributed by atoms with Crippen LogP contribution in [-0.2, 0) is 9.53 Å². The molecule has 1 aromatic heterocycles. The van der Waals surface area contributed by atoms with Gasteiger partial charge < -0.3 is 9.64 Å². The predicted octanol–water partition coefficient (Wildman–Crippen LogP) is 3.55. The number of benzene rings is 1. The van der Waals surface area contributed by atoms with E-state index < -0.39 is 6.10 Å². The minimum atomic E-state index is -0.520. The van der Waals surface area contributed by atoms with E-state index in [2.05, 4.69) is 10.4 Å². The maximum absolute atomic E-state index is 12.9. The van der Waals surface area contributed by atoms with Gasteiger partial charge in [0.25, 0.3) is 5.91 Å². The molecule has 0 saturated carbocycles. The summed E-state index contributed by atoms with van der Waals surface area (Å²) in [6.07, 6.45) is 1.59. The molecule has 1 aromatic carbocycles. The van der Waals surface area contributed by atoms with Crippen LogP contribution in [0.15, 0.2) is 35.7 Å². The zero-order valence-electron chi connectivity index (χ0n) is 13.6. The minimum absolute atomic E-state index is 0.0525. The Hall–Kier alpha value is -1.72. The van der Waals surface area contributed by atoms with Crippen LogP contribution >= 0.6 is 11.3 Å². The highest BCUT2D eigenvalue weighted by molar-refractivity contribution is 7.09. The normalized spacial score (nSPS) is 19.6. The van der Waals surface area contributed by atoms with Crippen molar-refractivity contribution in [1.82, 2.24) is 9.88 Å². The molecule has 3 rings (SSSR count). The number of amides is 1. The molecule has 2 atom stereocenters. The number of piperidine rings is 1. The van der Waals surface area contributed by atoms with Crippen molar-refractivity contribution in [3.05, 3.63) is 52.0 Å². The van der Waals surface area contributed by atoms with Crippen LogP contribution in [0.5, 0.6) is 0 Å². The fourth-order valence-corrected chi connectivity index (χ4v) is 4.04. The first-order valence-corrected chi connectivity index (χ1v) is 8.85. The van der Waals surface area contributed by atoms with Gasteiger partial charge in [-0.2, -0.15) is 0 Å². The molecule has 1 amide bonds. The molecule has 2 heterocycles. The van der Waals surface area contributed by atoms with Gasteiger partial charge in [-0.25, -0.2) is 4.98 Å². The van der Waals surface area contributed by atoms with Crippen molar-refractivity contribution in [3.63, 3.8) is 0 Å². The molecule has 0 bridgehead atoms. The summed E-state index contributed by atoms with van der Waals surface area (Å²) in [5.74, 6) is 0.399. The van der Waals surface area contributed by atoms with Gasteiger partial charge >= 0.3 is 0 Å². The Morgan fingerprint density at radius 2 is 2.17 bits per heavy atom. The zero-order valence-corrected chi connectivity index (χ0v) is 14.4. The van der Waals surface area contributed by atoms with Crippen molar-refractivity contribution in [2.45, 2.75) is 31.8 Å². The molecule has 1 fully saturated rings. The summed E-state index contributed by atoms with van der Waals surface area (Å²) < 4.78 is 5.49. The summed E-state index contributed by atoms with van der Waals surface area (Å²) in [6.45, 7) is 3.55. The van der Waals surface area contributed by atoms with E-state index in [1.54, 1.807) is 18.4 Å². The molecule has 4 nitrogen and oxygen atoms in total. The van der Waals surface area contributed by atoms with Gasteiger partial charge in [-0.05, 0) is 25.3 Å². The Morgan fingerprint density at radius 1 is 1.39 bits per heavy atom. The van der Waals surface area contributed by atoms with E-state index in [0.717, 1.165) is 42.2 Å². The van der Waals surface area contributed by atoms with Gasteiger partial charge in [0, 0.05) is 37.2 Å². The zero-order chi connectivity index (χ0) is 16.2. The Kier molecular flexibility index (Phi) is 5.08. The fraction of sp³-hybridized carbons (Fsp3) is 0.444. The van der Waals surface area contributed by atoms with Crippen molar-refractivity contribution < 1.29 is 9.53 Å². The highest BCUT2D eigenvalue weighted by Crippen LogP contribution is 2.31. The van der Waals surface area contributed by atoms with Crippen LogP contribution in [-0.4, -0.2) is 36.0 Å². The average molecular weight is 330 g/mol. The number of carbonyl (C=O) groups is 1. The van der Waals surface area contributed by atoms with Crippen molar-refractivity contribution in [1.29, 1.82) is 0 Å². The molecule has 0 spiro atoms. The third-order valence-electron chi connectivity index (χ3n) is 4.28. The van der Waals surface area contributed by atoms with Gasteiger partial charge in [0.05, 0.1) is 5.01 Å². The summed E-state index contributed by atoms with van der Waals surface area (Å²) in [4.78, 5) is 19.4. The number of likely N-dealkylation sites (tertiary alicyclic amines) is 1. The first-order chi connectivity index (χ1) is 11.2. The molecule has 5 heteroatoms. The second kappa shape index (κ2) is 7.23. The lowest BCUT2D eigenvalue weighted by atomic mass is 9.97. The van der Waals surface area contributed by atoms with E-state index >= 15 is 0 Å². The molecule has 1 saturated heterocycles. The van der Waals surface area contributed by atoms with Crippen molar-refractivity contribution >= 4 is 17.2 Å². The average Bonchev–Trinajstić information content (AvgIpc) is 3.03. The lowest BCUT2D eigenvalue weighted by molar-refractivity contribution is -0.143. The van der Waals surface area contributed by atoms with Crippen molar-refractivity contribution in [2.75, 3.05) is 20.2 Å². The number of aryl methyl sites for hydroxylation is 1. The number of carbonyl (C=O) groups excluding carboxylic acids is 1. The standard InChI is InChI=1S/C18H22N2O2S/c1-13-12-23-17(19-13)15-9-6-10-20(11-15)18(21)16(22-2)14-7-4-3-5-8-14/h3-5,7-8,12,15-16H,6,9-11H2,1-2H3/t15-,16-/m1/s1. The van der Waals surface area contributed by atoms with Crippen LogP contribution < -0.4 is 0 Å². The minimum Gasteiger partial charge on any atom is -0.367 e. The van der Waals surface area contributed by atoms with E-state index in [-0.39, 0.29) is 5.91 Å². The summed E-state index contributed by atoms with van der Waals surface area (Å²) >= 11 is 1.70. The molecule has 1 aliphatic heterocycles. The molecule has 0 N–H and O–H groups in total. The third-order valence-corrected chi connectivity index (χ3v) is 5.41. The smallest absolute Gasteiger partial charge is 0.256 e. The van der Waals surface area contributed by atoms with Crippen LogP contribution in [0.2, 0.25) is 0 Å². The first-order valence-electron chi connectivity index (χ1n) is 7.97. The summed E-state index contributed by atoms with van der Waals surface area (Å²) in [6, 6.07) is 9.70. The Morgan fingerprint density at radius 3 is 2.83 bits per heavy atom. The Bertz CT molecular complexity index is 656. The molecular formula is C18H22N2O2S. The fourth-order valence-electron chi connectivity index (χ4n) is 3.11. The highest BCUT2D eigenvalue weighted by Gasteiger charge is 2.31. The molecule has 0 unspecified atom stereocenters. The first kappa shape index (κ1) is 16.1. The second-order valence-corrected chi connectivity index (χ2v) is 6.87. The molecule has 122 valence electrons.